The zero-order valence-corrected chi connectivity index (χ0v) is 21.7. The molecule has 0 saturated heterocycles. The third-order valence-corrected chi connectivity index (χ3v) is 7.95. The summed E-state index contributed by atoms with van der Waals surface area (Å²) in [7, 11) is -3.68. The molecule has 7 heteroatoms. The molecule has 37 heavy (non-hydrogen) atoms. The zero-order valence-electron chi connectivity index (χ0n) is 20.9. The Labute approximate surface area is 217 Å². The fourth-order valence-electron chi connectivity index (χ4n) is 4.62. The molecule has 0 saturated carbocycles. The smallest absolute Gasteiger partial charge is 0.261 e. The van der Waals surface area contributed by atoms with Gasteiger partial charge in [-0.3, -0.25) is 9.52 Å². The van der Waals surface area contributed by atoms with Gasteiger partial charge < -0.3 is 9.88 Å². The van der Waals surface area contributed by atoms with Gasteiger partial charge in [0.05, 0.1) is 4.90 Å². The first-order chi connectivity index (χ1) is 17.8. The van der Waals surface area contributed by atoms with Crippen LogP contribution in [0.2, 0.25) is 0 Å². The monoisotopic (exact) mass is 511 g/mol. The second kappa shape index (κ2) is 10.1. The molecule has 0 aliphatic rings. The number of para-hydroxylation sites is 1. The van der Waals surface area contributed by atoms with Crippen LogP contribution in [0.1, 0.15) is 24.5 Å². The van der Waals surface area contributed by atoms with E-state index in [4.69, 9.17) is 0 Å². The molecule has 0 unspecified atom stereocenters. The van der Waals surface area contributed by atoms with E-state index in [2.05, 4.69) is 39.7 Å². The Bertz CT molecular complexity index is 1690. The van der Waals surface area contributed by atoms with E-state index in [-0.39, 0.29) is 10.8 Å². The van der Waals surface area contributed by atoms with Crippen molar-refractivity contribution in [1.29, 1.82) is 0 Å². The Morgan fingerprint density at radius 3 is 2.22 bits per heavy atom. The zero-order chi connectivity index (χ0) is 26.0. The van der Waals surface area contributed by atoms with E-state index in [1.807, 2.05) is 43.3 Å². The van der Waals surface area contributed by atoms with E-state index in [9.17, 15) is 13.2 Å². The van der Waals surface area contributed by atoms with Crippen LogP contribution in [-0.4, -0.2) is 18.9 Å². The summed E-state index contributed by atoms with van der Waals surface area (Å²) < 4.78 is 30.2. The molecule has 1 heterocycles. The Morgan fingerprint density at radius 2 is 1.49 bits per heavy atom. The molecule has 0 spiro atoms. The minimum absolute atomic E-state index is 0.0867. The minimum atomic E-state index is -3.68. The van der Waals surface area contributed by atoms with E-state index < -0.39 is 10.0 Å². The topological polar surface area (TPSA) is 80.2 Å². The fourth-order valence-corrected chi connectivity index (χ4v) is 5.68. The van der Waals surface area contributed by atoms with Crippen molar-refractivity contribution >= 4 is 49.1 Å². The van der Waals surface area contributed by atoms with Crippen LogP contribution in [0.5, 0.6) is 0 Å². The quantitative estimate of drug-likeness (QED) is 0.250. The number of carbonyl (C=O) groups excluding carboxylic acids is 1. The average molecular weight is 512 g/mol. The maximum atomic E-state index is 12.7. The van der Waals surface area contributed by atoms with Crippen LogP contribution in [0.25, 0.3) is 21.8 Å². The van der Waals surface area contributed by atoms with Crippen LogP contribution < -0.4 is 10.0 Å². The average Bonchev–Trinajstić information content (AvgIpc) is 3.22. The molecule has 0 aliphatic heterocycles. The van der Waals surface area contributed by atoms with Gasteiger partial charge in [0.1, 0.15) is 0 Å². The summed E-state index contributed by atoms with van der Waals surface area (Å²) in [5.74, 6) is -0.0867. The lowest BCUT2D eigenvalue weighted by Gasteiger charge is -2.10. The number of hydrogen-bond acceptors (Lipinski definition) is 3. The third kappa shape index (κ3) is 5.22. The number of amides is 1. The Kier molecular flexibility index (Phi) is 6.72. The molecule has 0 radical (unpaired) electrons. The standard InChI is InChI=1S/C30H29N3O3S/c1-3-33-28-7-5-4-6-26(28)27-20-24(15-18-29(27)33)31-30(34)19-12-22-10-16-25(17-11-22)37(35,36)32-23-13-8-21(2)9-14-23/h4-11,13-18,20,32H,3,12,19H2,1-2H3,(H,31,34). The summed E-state index contributed by atoms with van der Waals surface area (Å²) in [6.07, 6.45) is 0.803. The summed E-state index contributed by atoms with van der Waals surface area (Å²) in [6.45, 7) is 4.95. The van der Waals surface area contributed by atoms with Crippen LogP contribution in [0, 0.1) is 6.92 Å². The number of benzene rings is 4. The maximum absolute atomic E-state index is 12.7. The predicted molar refractivity (Wildman–Crippen MR) is 150 cm³/mol. The van der Waals surface area contributed by atoms with Gasteiger partial charge in [-0.2, -0.15) is 0 Å². The largest absolute Gasteiger partial charge is 0.341 e. The van der Waals surface area contributed by atoms with Crippen LogP contribution in [-0.2, 0) is 27.8 Å². The molecule has 188 valence electrons. The van der Waals surface area contributed by atoms with Crippen LogP contribution in [0.3, 0.4) is 0 Å². The number of hydrogen-bond donors (Lipinski definition) is 2. The van der Waals surface area contributed by atoms with Crippen molar-refractivity contribution in [3.8, 4) is 0 Å². The lowest BCUT2D eigenvalue weighted by atomic mass is 10.1. The lowest BCUT2D eigenvalue weighted by Crippen LogP contribution is -2.13. The molecule has 4 aromatic carbocycles. The summed E-state index contributed by atoms with van der Waals surface area (Å²) in [4.78, 5) is 12.9. The molecule has 1 aromatic heterocycles. The number of nitrogens with one attached hydrogen (secondary N) is 2. The Morgan fingerprint density at radius 1 is 0.811 bits per heavy atom. The van der Waals surface area contributed by atoms with E-state index in [0.717, 1.165) is 34.3 Å². The molecule has 5 aromatic rings. The molecular weight excluding hydrogens is 482 g/mol. The van der Waals surface area contributed by atoms with Crippen molar-refractivity contribution in [1.82, 2.24) is 4.57 Å². The fraction of sp³-hybridized carbons (Fsp3) is 0.167. The molecule has 0 bridgehead atoms. The Balaban J connectivity index is 1.23. The molecule has 0 aliphatic carbocycles. The summed E-state index contributed by atoms with van der Waals surface area (Å²) in [6, 6.07) is 28.1. The molecule has 2 N–H and O–H groups in total. The lowest BCUT2D eigenvalue weighted by molar-refractivity contribution is -0.116. The summed E-state index contributed by atoms with van der Waals surface area (Å²) in [5, 5.41) is 5.29. The number of aromatic nitrogens is 1. The van der Waals surface area contributed by atoms with E-state index >= 15 is 0 Å². The minimum Gasteiger partial charge on any atom is -0.341 e. The van der Waals surface area contributed by atoms with Crippen molar-refractivity contribution in [3.63, 3.8) is 0 Å². The van der Waals surface area contributed by atoms with Crippen LogP contribution in [0.15, 0.2) is 95.9 Å². The number of rotatable bonds is 8. The van der Waals surface area contributed by atoms with Crippen molar-refractivity contribution in [2.75, 3.05) is 10.0 Å². The highest BCUT2D eigenvalue weighted by molar-refractivity contribution is 7.92. The number of sulfonamides is 1. The number of carbonyl (C=O) groups is 1. The van der Waals surface area contributed by atoms with Gasteiger partial charge in [-0.15, -0.1) is 0 Å². The van der Waals surface area contributed by atoms with Crippen molar-refractivity contribution < 1.29 is 13.2 Å². The van der Waals surface area contributed by atoms with Gasteiger partial charge >= 0.3 is 0 Å². The van der Waals surface area contributed by atoms with Gasteiger partial charge in [-0.25, -0.2) is 8.42 Å². The Hall–Kier alpha value is -4.10. The molecule has 1 amide bonds. The number of fused-ring (bicyclic) bond motifs is 3. The van der Waals surface area contributed by atoms with Gasteiger partial charge in [0.25, 0.3) is 10.0 Å². The second-order valence-corrected chi connectivity index (χ2v) is 10.8. The van der Waals surface area contributed by atoms with Crippen molar-refractivity contribution in [2.24, 2.45) is 0 Å². The molecule has 0 atom stereocenters. The highest BCUT2D eigenvalue weighted by atomic mass is 32.2. The summed E-state index contributed by atoms with van der Waals surface area (Å²) >= 11 is 0. The molecule has 5 rings (SSSR count). The number of aryl methyl sites for hydroxylation is 3. The first-order valence-electron chi connectivity index (χ1n) is 12.3. The number of nitrogens with zero attached hydrogens (tertiary/aromatic N) is 1. The normalized spacial score (nSPS) is 11.6. The maximum Gasteiger partial charge on any atom is 0.261 e. The van der Waals surface area contributed by atoms with Crippen molar-refractivity contribution in [3.05, 3.63) is 102 Å². The van der Waals surface area contributed by atoms with E-state index in [1.165, 1.54) is 10.9 Å². The van der Waals surface area contributed by atoms with Crippen LogP contribution >= 0.6 is 0 Å². The SMILES string of the molecule is CCn1c2ccccc2c2cc(NC(=O)CCc3ccc(S(=O)(=O)Nc4ccc(C)cc4)cc3)ccc21. The van der Waals surface area contributed by atoms with Gasteiger partial charge in [0, 0.05) is 46.1 Å². The first-order valence-corrected chi connectivity index (χ1v) is 13.8. The molecule has 6 nitrogen and oxygen atoms in total. The van der Waals surface area contributed by atoms with Gasteiger partial charge in [-0.05, 0) is 74.4 Å². The predicted octanol–water partition coefficient (Wildman–Crippen LogP) is 6.49. The third-order valence-electron chi connectivity index (χ3n) is 6.55. The van der Waals surface area contributed by atoms with Gasteiger partial charge in [0.15, 0.2) is 0 Å². The number of anilines is 2. The first kappa shape index (κ1) is 24.6. The molecule has 0 fully saturated rings. The highest BCUT2D eigenvalue weighted by Gasteiger charge is 2.15. The van der Waals surface area contributed by atoms with E-state index in [0.29, 0.717) is 18.5 Å². The van der Waals surface area contributed by atoms with Gasteiger partial charge in [-0.1, -0.05) is 48.0 Å². The van der Waals surface area contributed by atoms with Gasteiger partial charge in [0.2, 0.25) is 5.91 Å². The van der Waals surface area contributed by atoms with Crippen molar-refractivity contribution in [2.45, 2.75) is 38.1 Å². The summed E-state index contributed by atoms with van der Waals surface area (Å²) in [5.41, 5.74) is 5.56. The highest BCUT2D eigenvalue weighted by Crippen LogP contribution is 2.31. The van der Waals surface area contributed by atoms with Crippen LogP contribution in [0.4, 0.5) is 11.4 Å². The molecular formula is C30H29N3O3S. The second-order valence-electron chi connectivity index (χ2n) is 9.16. The van der Waals surface area contributed by atoms with E-state index in [1.54, 1.807) is 36.4 Å².